The van der Waals surface area contributed by atoms with E-state index in [2.05, 4.69) is 4.98 Å². The van der Waals surface area contributed by atoms with Gasteiger partial charge in [-0.2, -0.15) is 0 Å². The van der Waals surface area contributed by atoms with E-state index in [0.29, 0.717) is 13.0 Å². The van der Waals surface area contributed by atoms with Gasteiger partial charge in [0.2, 0.25) is 0 Å². The van der Waals surface area contributed by atoms with E-state index in [4.69, 9.17) is 4.74 Å². The Morgan fingerprint density at radius 2 is 1.94 bits per heavy atom. The van der Waals surface area contributed by atoms with Gasteiger partial charge in [-0.3, -0.25) is 9.78 Å². The zero-order chi connectivity index (χ0) is 12.7. The molecule has 0 fully saturated rings. The molecule has 17 heavy (non-hydrogen) atoms. The van der Waals surface area contributed by atoms with Crippen LogP contribution in [0.25, 0.3) is 0 Å². The van der Waals surface area contributed by atoms with Gasteiger partial charge in [-0.05, 0) is 36.0 Å². The van der Waals surface area contributed by atoms with E-state index in [9.17, 15) is 4.79 Å². The molecule has 0 bridgehead atoms. The molecule has 0 aromatic carbocycles. The minimum absolute atomic E-state index is 0.00217. The Labute approximate surface area is 103 Å². The number of carbonyl (C=O) groups excluding carboxylic acids is 1. The van der Waals surface area contributed by atoms with Crippen molar-refractivity contribution in [3.63, 3.8) is 0 Å². The predicted molar refractivity (Wildman–Crippen MR) is 67.6 cm³/mol. The molecule has 1 heterocycles. The summed E-state index contributed by atoms with van der Waals surface area (Å²) < 4.78 is 5.19. The molecule has 3 heteroatoms. The third-order valence-corrected chi connectivity index (χ3v) is 2.30. The lowest BCUT2D eigenvalue weighted by molar-refractivity contribution is -0.145. The molecule has 0 aliphatic heterocycles. The molecule has 0 aliphatic carbocycles. The molecule has 94 valence electrons. The van der Waals surface area contributed by atoms with E-state index in [0.717, 1.165) is 12.8 Å². The van der Waals surface area contributed by atoms with E-state index in [1.54, 1.807) is 12.4 Å². The van der Waals surface area contributed by atoms with E-state index in [-0.39, 0.29) is 11.4 Å². The Balaban J connectivity index is 2.14. The van der Waals surface area contributed by atoms with Crippen molar-refractivity contribution in [3.8, 4) is 0 Å². The standard InChI is InChI=1S/C14H21NO2/c1-14(2,3)11-13(16)17-10-4-5-12-6-8-15-9-7-12/h6-9H,4-5,10-11H2,1-3H3. The van der Waals surface area contributed by atoms with Crippen molar-refractivity contribution in [2.75, 3.05) is 6.61 Å². The number of aromatic nitrogens is 1. The average molecular weight is 235 g/mol. The maximum atomic E-state index is 11.4. The highest BCUT2D eigenvalue weighted by Crippen LogP contribution is 2.18. The minimum atomic E-state index is -0.104. The summed E-state index contributed by atoms with van der Waals surface area (Å²) in [7, 11) is 0. The van der Waals surface area contributed by atoms with E-state index >= 15 is 0 Å². The second-order valence-electron chi connectivity index (χ2n) is 5.42. The van der Waals surface area contributed by atoms with Crippen LogP contribution in [0.1, 0.15) is 39.2 Å². The molecule has 0 aliphatic rings. The number of ether oxygens (including phenoxy) is 1. The van der Waals surface area contributed by atoms with Gasteiger partial charge in [-0.15, -0.1) is 0 Å². The number of hydrogen-bond acceptors (Lipinski definition) is 3. The molecule has 3 nitrogen and oxygen atoms in total. The van der Waals surface area contributed by atoms with Crippen molar-refractivity contribution >= 4 is 5.97 Å². The summed E-state index contributed by atoms with van der Waals surface area (Å²) in [6.45, 7) is 6.60. The number of esters is 1. The monoisotopic (exact) mass is 235 g/mol. The largest absolute Gasteiger partial charge is 0.466 e. The number of hydrogen-bond donors (Lipinski definition) is 0. The van der Waals surface area contributed by atoms with Crippen LogP contribution in [0, 0.1) is 5.41 Å². The Bertz CT molecular complexity index is 341. The summed E-state index contributed by atoms with van der Waals surface area (Å²) in [4.78, 5) is 15.4. The van der Waals surface area contributed by atoms with Gasteiger partial charge in [0.25, 0.3) is 0 Å². The number of nitrogens with zero attached hydrogens (tertiary/aromatic N) is 1. The molecule has 0 saturated carbocycles. The fourth-order valence-electron chi connectivity index (χ4n) is 1.50. The minimum Gasteiger partial charge on any atom is -0.466 e. The smallest absolute Gasteiger partial charge is 0.306 e. The van der Waals surface area contributed by atoms with Gasteiger partial charge >= 0.3 is 5.97 Å². The third kappa shape index (κ3) is 6.72. The first-order valence-electron chi connectivity index (χ1n) is 6.02. The van der Waals surface area contributed by atoms with Crippen LogP contribution in [0.15, 0.2) is 24.5 Å². The highest BCUT2D eigenvalue weighted by molar-refractivity contribution is 5.70. The Morgan fingerprint density at radius 3 is 2.53 bits per heavy atom. The quantitative estimate of drug-likeness (QED) is 0.581. The summed E-state index contributed by atoms with van der Waals surface area (Å²) in [5.41, 5.74) is 1.23. The molecular formula is C14H21NO2. The number of pyridine rings is 1. The van der Waals surface area contributed by atoms with Crippen molar-refractivity contribution in [2.45, 2.75) is 40.0 Å². The first-order valence-corrected chi connectivity index (χ1v) is 6.02. The van der Waals surface area contributed by atoms with Crippen molar-refractivity contribution < 1.29 is 9.53 Å². The molecule has 0 amide bonds. The summed E-state index contributed by atoms with van der Waals surface area (Å²) in [5, 5.41) is 0. The topological polar surface area (TPSA) is 39.2 Å². The first kappa shape index (κ1) is 13.7. The van der Waals surface area contributed by atoms with Crippen LogP contribution < -0.4 is 0 Å². The molecule has 0 unspecified atom stereocenters. The van der Waals surface area contributed by atoms with Crippen molar-refractivity contribution in [1.29, 1.82) is 0 Å². The molecule has 0 radical (unpaired) electrons. The van der Waals surface area contributed by atoms with Gasteiger partial charge in [-0.25, -0.2) is 0 Å². The molecule has 0 atom stereocenters. The SMILES string of the molecule is CC(C)(C)CC(=O)OCCCc1ccncc1. The van der Waals surface area contributed by atoms with Crippen molar-refractivity contribution in [3.05, 3.63) is 30.1 Å². The van der Waals surface area contributed by atoms with Gasteiger partial charge in [0.1, 0.15) is 0 Å². The Hall–Kier alpha value is -1.38. The fourth-order valence-corrected chi connectivity index (χ4v) is 1.50. The lowest BCUT2D eigenvalue weighted by Gasteiger charge is -2.16. The Kier molecular flexibility index (Phi) is 5.13. The van der Waals surface area contributed by atoms with Crippen LogP contribution in [0.5, 0.6) is 0 Å². The van der Waals surface area contributed by atoms with Crippen molar-refractivity contribution in [1.82, 2.24) is 4.98 Å². The predicted octanol–water partition coefficient (Wildman–Crippen LogP) is 2.99. The third-order valence-electron chi connectivity index (χ3n) is 2.30. The highest BCUT2D eigenvalue weighted by atomic mass is 16.5. The van der Waals surface area contributed by atoms with E-state index < -0.39 is 0 Å². The van der Waals surface area contributed by atoms with Crippen LogP contribution in [-0.4, -0.2) is 17.6 Å². The second-order valence-corrected chi connectivity index (χ2v) is 5.42. The number of aryl methyl sites for hydroxylation is 1. The first-order chi connectivity index (χ1) is 7.97. The average Bonchev–Trinajstić information content (AvgIpc) is 2.23. The van der Waals surface area contributed by atoms with E-state index in [1.807, 2.05) is 32.9 Å². The molecule has 1 aromatic rings. The van der Waals surface area contributed by atoms with Crippen LogP contribution in [0.4, 0.5) is 0 Å². The molecule has 1 aromatic heterocycles. The van der Waals surface area contributed by atoms with Gasteiger partial charge in [0, 0.05) is 12.4 Å². The maximum Gasteiger partial charge on any atom is 0.306 e. The van der Waals surface area contributed by atoms with Crippen LogP contribution >= 0.6 is 0 Å². The van der Waals surface area contributed by atoms with Crippen LogP contribution in [0.3, 0.4) is 0 Å². The normalized spacial score (nSPS) is 11.2. The Morgan fingerprint density at radius 1 is 1.29 bits per heavy atom. The van der Waals surface area contributed by atoms with E-state index in [1.165, 1.54) is 5.56 Å². The van der Waals surface area contributed by atoms with Crippen molar-refractivity contribution in [2.24, 2.45) is 5.41 Å². The fraction of sp³-hybridized carbons (Fsp3) is 0.571. The summed E-state index contributed by atoms with van der Waals surface area (Å²) in [6, 6.07) is 3.97. The molecule has 1 rings (SSSR count). The van der Waals surface area contributed by atoms with Crippen LogP contribution in [-0.2, 0) is 16.0 Å². The number of carbonyl (C=O) groups is 1. The lowest BCUT2D eigenvalue weighted by Crippen LogP contribution is -2.16. The molecular weight excluding hydrogens is 214 g/mol. The molecule has 0 spiro atoms. The van der Waals surface area contributed by atoms with Gasteiger partial charge in [0.15, 0.2) is 0 Å². The van der Waals surface area contributed by atoms with Crippen LogP contribution in [0.2, 0.25) is 0 Å². The molecule has 0 saturated heterocycles. The summed E-state index contributed by atoms with van der Waals surface area (Å²) in [6.07, 6.45) is 5.81. The second kappa shape index (κ2) is 6.38. The van der Waals surface area contributed by atoms with Gasteiger partial charge in [0.05, 0.1) is 13.0 Å². The molecule has 0 N–H and O–H groups in total. The maximum absolute atomic E-state index is 11.4. The van der Waals surface area contributed by atoms with Gasteiger partial charge < -0.3 is 4.74 Å². The number of rotatable bonds is 5. The zero-order valence-electron chi connectivity index (χ0n) is 10.9. The lowest BCUT2D eigenvalue weighted by atomic mass is 9.92. The highest BCUT2D eigenvalue weighted by Gasteiger charge is 2.16. The summed E-state index contributed by atoms with van der Waals surface area (Å²) >= 11 is 0. The van der Waals surface area contributed by atoms with Gasteiger partial charge in [-0.1, -0.05) is 20.8 Å². The summed E-state index contributed by atoms with van der Waals surface area (Å²) in [5.74, 6) is -0.104. The zero-order valence-corrected chi connectivity index (χ0v) is 10.9.